The Kier molecular flexibility index (Phi) is 3.63. The van der Waals surface area contributed by atoms with E-state index in [-0.39, 0.29) is 13.0 Å². The smallest absolute Gasteiger partial charge is 0.338 e. The average Bonchev–Trinajstić information content (AvgIpc) is 2.61. The second-order valence-corrected chi connectivity index (χ2v) is 4.56. The third-order valence-electron chi connectivity index (χ3n) is 2.87. The number of hydrogen-bond donors (Lipinski definition) is 1. The number of carbonyl (C=O) groups excluding carboxylic acids is 1. The molecule has 4 nitrogen and oxygen atoms in total. The molecule has 0 aliphatic carbocycles. The van der Waals surface area contributed by atoms with Crippen molar-refractivity contribution in [3.8, 4) is 0 Å². The van der Waals surface area contributed by atoms with Gasteiger partial charge in [0.15, 0.2) is 12.0 Å². The first-order chi connectivity index (χ1) is 8.49. The molecule has 1 fully saturated rings. The molecule has 2 rings (SSSR count). The van der Waals surface area contributed by atoms with Crippen LogP contribution in [0.2, 0.25) is 0 Å². The van der Waals surface area contributed by atoms with Crippen LogP contribution in [-0.2, 0) is 9.47 Å². The maximum Gasteiger partial charge on any atom is 0.338 e. The molecule has 0 saturated carbocycles. The molecule has 3 atom stereocenters. The Morgan fingerprint density at radius 3 is 2.78 bits per heavy atom. The maximum absolute atomic E-state index is 13.6. The fourth-order valence-corrected chi connectivity index (χ4v) is 1.84. The van der Waals surface area contributed by atoms with Crippen LogP contribution in [0.3, 0.4) is 0 Å². The van der Waals surface area contributed by atoms with Crippen molar-refractivity contribution in [2.45, 2.75) is 31.4 Å². The number of aliphatic hydroxyl groups is 1. The van der Waals surface area contributed by atoms with Gasteiger partial charge in [-0.2, -0.15) is 0 Å². The summed E-state index contributed by atoms with van der Waals surface area (Å²) in [5, 5.41) is 9.27. The monoisotopic (exact) mass is 254 g/mol. The van der Waals surface area contributed by atoms with Gasteiger partial charge in [-0.05, 0) is 19.1 Å². The van der Waals surface area contributed by atoms with Gasteiger partial charge in [-0.3, -0.25) is 0 Å². The Labute approximate surface area is 104 Å². The van der Waals surface area contributed by atoms with Crippen LogP contribution < -0.4 is 0 Å². The minimum Gasteiger partial charge on any atom is -0.459 e. The van der Waals surface area contributed by atoms with Gasteiger partial charge in [0.1, 0.15) is 6.61 Å². The second kappa shape index (κ2) is 5.04. The van der Waals surface area contributed by atoms with Gasteiger partial charge in [-0.15, -0.1) is 0 Å². The van der Waals surface area contributed by atoms with Crippen LogP contribution in [0.5, 0.6) is 0 Å². The fourth-order valence-electron chi connectivity index (χ4n) is 1.84. The molecular weight excluding hydrogens is 239 g/mol. The molecule has 2 unspecified atom stereocenters. The summed E-state index contributed by atoms with van der Waals surface area (Å²) in [7, 11) is 0. The molecule has 0 amide bonds. The van der Waals surface area contributed by atoms with Gasteiger partial charge in [0.25, 0.3) is 0 Å². The topological polar surface area (TPSA) is 55.8 Å². The first-order valence-corrected chi connectivity index (χ1v) is 5.73. The minimum atomic E-state index is -1.79. The molecule has 1 saturated heterocycles. The largest absolute Gasteiger partial charge is 0.459 e. The summed E-state index contributed by atoms with van der Waals surface area (Å²) >= 11 is 0. The summed E-state index contributed by atoms with van der Waals surface area (Å²) in [6, 6.07) is 8.51. The number of benzene rings is 1. The van der Waals surface area contributed by atoms with E-state index < -0.39 is 24.0 Å². The molecular formula is C13H15FO4. The third-order valence-corrected chi connectivity index (χ3v) is 2.87. The molecule has 0 radical (unpaired) electrons. The fraction of sp³-hybridized carbons (Fsp3) is 0.462. The number of esters is 1. The number of aliphatic hydroxyl groups excluding tert-OH is 1. The van der Waals surface area contributed by atoms with Crippen molar-refractivity contribution >= 4 is 5.97 Å². The Morgan fingerprint density at radius 2 is 2.22 bits per heavy atom. The van der Waals surface area contributed by atoms with E-state index in [9.17, 15) is 14.3 Å². The van der Waals surface area contributed by atoms with E-state index in [4.69, 9.17) is 9.47 Å². The highest BCUT2D eigenvalue weighted by molar-refractivity contribution is 5.89. The molecule has 5 heteroatoms. The predicted molar refractivity (Wildman–Crippen MR) is 61.7 cm³/mol. The van der Waals surface area contributed by atoms with Crippen LogP contribution in [-0.4, -0.2) is 35.7 Å². The van der Waals surface area contributed by atoms with Gasteiger partial charge < -0.3 is 14.6 Å². The van der Waals surface area contributed by atoms with Crippen molar-refractivity contribution < 1.29 is 23.8 Å². The van der Waals surface area contributed by atoms with Crippen molar-refractivity contribution in [3.05, 3.63) is 35.9 Å². The van der Waals surface area contributed by atoms with Crippen LogP contribution in [0.1, 0.15) is 23.7 Å². The van der Waals surface area contributed by atoms with E-state index in [0.29, 0.717) is 5.56 Å². The average molecular weight is 254 g/mol. The van der Waals surface area contributed by atoms with E-state index in [1.807, 2.05) is 0 Å². The number of alkyl halides is 1. The highest BCUT2D eigenvalue weighted by atomic mass is 19.1. The van der Waals surface area contributed by atoms with E-state index in [0.717, 1.165) is 0 Å². The second-order valence-electron chi connectivity index (χ2n) is 4.56. The summed E-state index contributed by atoms with van der Waals surface area (Å²) in [5.74, 6) is -0.485. The quantitative estimate of drug-likeness (QED) is 0.834. The van der Waals surface area contributed by atoms with Crippen LogP contribution >= 0.6 is 0 Å². The van der Waals surface area contributed by atoms with Crippen molar-refractivity contribution in [1.29, 1.82) is 0 Å². The summed E-state index contributed by atoms with van der Waals surface area (Å²) < 4.78 is 23.6. The molecule has 1 heterocycles. The van der Waals surface area contributed by atoms with Gasteiger partial charge in [0.05, 0.1) is 11.7 Å². The van der Waals surface area contributed by atoms with E-state index in [1.165, 1.54) is 6.92 Å². The molecule has 1 aliphatic heterocycles. The molecule has 18 heavy (non-hydrogen) atoms. The van der Waals surface area contributed by atoms with E-state index >= 15 is 0 Å². The van der Waals surface area contributed by atoms with Crippen molar-refractivity contribution in [2.75, 3.05) is 6.61 Å². The number of rotatable bonds is 3. The number of ether oxygens (including phenoxy) is 2. The number of hydrogen-bond acceptors (Lipinski definition) is 4. The summed E-state index contributed by atoms with van der Waals surface area (Å²) in [6.45, 7) is 1.20. The lowest BCUT2D eigenvalue weighted by Gasteiger charge is -2.13. The first-order valence-electron chi connectivity index (χ1n) is 5.73. The zero-order valence-corrected chi connectivity index (χ0v) is 10.0. The van der Waals surface area contributed by atoms with Crippen molar-refractivity contribution in [1.82, 2.24) is 0 Å². The minimum absolute atomic E-state index is 0.0102. The standard InChI is InChI=1S/C13H15FO4/c1-13(14)7-10(18-12(13)16)8-17-11(15)9-5-3-2-4-6-9/h2-6,10,12,16H,7-8H2,1H3/t10?,12?,13-/m1/s1. The molecule has 1 aromatic rings. The SMILES string of the molecule is C[C@@]1(F)CC(COC(=O)c2ccccc2)OC1O. The molecule has 0 spiro atoms. The lowest BCUT2D eigenvalue weighted by atomic mass is 10.0. The Bertz CT molecular complexity index is 418. The summed E-state index contributed by atoms with van der Waals surface area (Å²) in [5.41, 5.74) is -1.36. The first kappa shape index (κ1) is 13.0. The highest BCUT2D eigenvalue weighted by Crippen LogP contribution is 2.32. The molecule has 0 bridgehead atoms. The Balaban J connectivity index is 1.85. The van der Waals surface area contributed by atoms with Crippen LogP contribution in [0.25, 0.3) is 0 Å². The van der Waals surface area contributed by atoms with Crippen LogP contribution in [0.4, 0.5) is 4.39 Å². The van der Waals surface area contributed by atoms with Gasteiger partial charge in [0.2, 0.25) is 0 Å². The number of carbonyl (C=O) groups is 1. The summed E-state index contributed by atoms with van der Waals surface area (Å²) in [6.07, 6.45) is -2.06. The van der Waals surface area contributed by atoms with Crippen molar-refractivity contribution in [2.24, 2.45) is 0 Å². The molecule has 1 aliphatic rings. The van der Waals surface area contributed by atoms with Crippen LogP contribution in [0, 0.1) is 0 Å². The lowest BCUT2D eigenvalue weighted by Crippen LogP contribution is -2.28. The van der Waals surface area contributed by atoms with Gasteiger partial charge >= 0.3 is 5.97 Å². The van der Waals surface area contributed by atoms with Crippen LogP contribution in [0.15, 0.2) is 30.3 Å². The Morgan fingerprint density at radius 1 is 1.56 bits per heavy atom. The third kappa shape index (κ3) is 2.86. The molecule has 0 aromatic heterocycles. The number of halogens is 1. The van der Waals surface area contributed by atoms with E-state index in [2.05, 4.69) is 0 Å². The van der Waals surface area contributed by atoms with Gasteiger partial charge in [0, 0.05) is 6.42 Å². The highest BCUT2D eigenvalue weighted by Gasteiger charge is 2.45. The molecule has 1 aromatic carbocycles. The predicted octanol–water partition coefficient (Wildman–Crippen LogP) is 1.68. The zero-order valence-electron chi connectivity index (χ0n) is 10.0. The van der Waals surface area contributed by atoms with Crippen molar-refractivity contribution in [3.63, 3.8) is 0 Å². The van der Waals surface area contributed by atoms with Gasteiger partial charge in [-0.25, -0.2) is 9.18 Å². The summed E-state index contributed by atoms with van der Waals surface area (Å²) in [4.78, 5) is 11.6. The zero-order chi connectivity index (χ0) is 13.2. The van der Waals surface area contributed by atoms with Gasteiger partial charge in [-0.1, -0.05) is 18.2 Å². The Hall–Kier alpha value is -1.46. The normalized spacial score (nSPS) is 31.3. The lowest BCUT2D eigenvalue weighted by molar-refractivity contribution is -0.143. The molecule has 98 valence electrons. The maximum atomic E-state index is 13.6. The van der Waals surface area contributed by atoms with E-state index in [1.54, 1.807) is 30.3 Å². The molecule has 1 N–H and O–H groups in total.